The van der Waals surface area contributed by atoms with Crippen molar-refractivity contribution in [2.45, 2.75) is 20.8 Å². The number of aromatic nitrogens is 3. The van der Waals surface area contributed by atoms with Gasteiger partial charge < -0.3 is 10.6 Å². The zero-order valence-electron chi connectivity index (χ0n) is 17.9. The number of rotatable bonds is 5. The Balaban J connectivity index is 1.78. The van der Waals surface area contributed by atoms with Crippen LogP contribution in [-0.4, -0.2) is 27.4 Å². The van der Waals surface area contributed by atoms with Gasteiger partial charge in [0.25, 0.3) is 0 Å². The van der Waals surface area contributed by atoms with Gasteiger partial charge in [-0.25, -0.2) is 19.3 Å². The Morgan fingerprint density at radius 1 is 1.19 bits per heavy atom. The summed E-state index contributed by atoms with van der Waals surface area (Å²) < 4.78 is 14.5. The molecule has 0 radical (unpaired) electrons. The topological polar surface area (TPSA) is 92.2 Å². The molecule has 0 bridgehead atoms. The molecule has 4 rings (SSSR count). The van der Waals surface area contributed by atoms with E-state index >= 15 is 0 Å². The zero-order valence-corrected chi connectivity index (χ0v) is 18.6. The van der Waals surface area contributed by atoms with Crippen LogP contribution in [0.4, 0.5) is 21.7 Å². The summed E-state index contributed by atoms with van der Waals surface area (Å²) in [6.07, 6.45) is 3.43. The fourth-order valence-corrected chi connectivity index (χ4v) is 3.40. The number of fused-ring (bicyclic) bond motifs is 1. The Morgan fingerprint density at radius 2 is 1.97 bits per heavy atom. The highest BCUT2D eigenvalue weighted by Crippen LogP contribution is 2.26. The van der Waals surface area contributed by atoms with Gasteiger partial charge in [-0.2, -0.15) is 0 Å². The van der Waals surface area contributed by atoms with Crippen molar-refractivity contribution < 1.29 is 9.18 Å². The smallest absolute Gasteiger partial charge is 0.228 e. The standard InChI is InChI=1S/C23H22ClFN6O/c1-12(2)23(32)31-21-9-20(27-11-28-21)29-19-8-18(15-7-14(24)4-5-17(15)25)30-22-16(19)6-13(3)10-26-22/h4-9,11-13H,10H2,1-3H3,(H2,27,28,29,31,32). The second-order valence-corrected chi connectivity index (χ2v) is 8.40. The fraction of sp³-hybridized carbons (Fsp3) is 0.261. The van der Waals surface area contributed by atoms with Crippen LogP contribution in [0.3, 0.4) is 0 Å². The Bertz CT molecular complexity index is 1310. The van der Waals surface area contributed by atoms with E-state index in [-0.39, 0.29) is 23.3 Å². The summed E-state index contributed by atoms with van der Waals surface area (Å²) >= 11 is 6.09. The molecule has 32 heavy (non-hydrogen) atoms. The molecule has 0 fully saturated rings. The minimum absolute atomic E-state index is 0.143. The lowest BCUT2D eigenvalue weighted by Gasteiger charge is -2.14. The van der Waals surface area contributed by atoms with Gasteiger partial charge in [0.15, 0.2) is 5.49 Å². The minimum Gasteiger partial charge on any atom is -0.339 e. The number of carbonyl (C=O) groups excluding carboxylic acids is 1. The van der Waals surface area contributed by atoms with E-state index in [0.717, 1.165) is 5.22 Å². The largest absolute Gasteiger partial charge is 0.339 e. The number of anilines is 3. The molecule has 9 heteroatoms. The molecule has 0 saturated carbocycles. The lowest BCUT2D eigenvalue weighted by atomic mass is 10.1. The van der Waals surface area contributed by atoms with E-state index in [9.17, 15) is 9.18 Å². The van der Waals surface area contributed by atoms with Crippen LogP contribution in [-0.2, 0) is 4.79 Å². The van der Waals surface area contributed by atoms with E-state index in [4.69, 9.17) is 11.6 Å². The number of hydrogen-bond donors (Lipinski definition) is 2. The van der Waals surface area contributed by atoms with Crippen LogP contribution >= 0.6 is 11.6 Å². The summed E-state index contributed by atoms with van der Waals surface area (Å²) in [6, 6.07) is 7.72. The van der Waals surface area contributed by atoms with Crippen LogP contribution in [0.1, 0.15) is 20.8 Å². The number of hydrogen-bond acceptors (Lipinski definition) is 6. The molecule has 2 aromatic heterocycles. The van der Waals surface area contributed by atoms with Gasteiger partial charge in [0.2, 0.25) is 5.91 Å². The van der Waals surface area contributed by atoms with Gasteiger partial charge in [0, 0.05) is 34.3 Å². The molecule has 1 aliphatic heterocycles. The van der Waals surface area contributed by atoms with Crippen molar-refractivity contribution in [1.29, 1.82) is 0 Å². The quantitative estimate of drug-likeness (QED) is 0.615. The number of nitrogens with zero attached hydrogens (tertiary/aromatic N) is 4. The Morgan fingerprint density at radius 3 is 2.75 bits per heavy atom. The summed E-state index contributed by atoms with van der Waals surface area (Å²) in [7, 11) is 0. The lowest BCUT2D eigenvalue weighted by Crippen LogP contribution is -2.36. The first-order valence-corrected chi connectivity index (χ1v) is 10.6. The number of amides is 1. The van der Waals surface area contributed by atoms with Gasteiger partial charge in [-0.1, -0.05) is 38.4 Å². The monoisotopic (exact) mass is 452 g/mol. The van der Waals surface area contributed by atoms with Crippen molar-refractivity contribution in [1.82, 2.24) is 15.0 Å². The first-order chi connectivity index (χ1) is 15.3. The van der Waals surface area contributed by atoms with Crippen molar-refractivity contribution >= 4 is 40.9 Å². The van der Waals surface area contributed by atoms with Crippen LogP contribution < -0.4 is 21.3 Å². The van der Waals surface area contributed by atoms with Gasteiger partial charge in [-0.05, 0) is 30.2 Å². The highest BCUT2D eigenvalue weighted by molar-refractivity contribution is 6.30. The summed E-state index contributed by atoms with van der Waals surface area (Å²) in [5.74, 6) is 0.326. The normalized spacial score (nSPS) is 14.9. The molecule has 1 aromatic carbocycles. The number of nitrogens with one attached hydrogen (secondary N) is 2. The first-order valence-electron chi connectivity index (χ1n) is 10.2. The average Bonchev–Trinajstić information content (AvgIpc) is 2.76. The van der Waals surface area contributed by atoms with Crippen molar-refractivity contribution in [3.05, 3.63) is 58.2 Å². The SMILES string of the molecule is CC1C=c2c(Nc3cc(NC(=O)C(C)C)ncn3)cc(-c3cc(Cl)ccc3F)nc2=NC1. The number of pyridine rings is 1. The van der Waals surface area contributed by atoms with Crippen molar-refractivity contribution in [3.63, 3.8) is 0 Å². The molecule has 1 atom stereocenters. The number of benzene rings is 1. The Kier molecular flexibility index (Phi) is 6.14. The third-order valence-corrected chi connectivity index (χ3v) is 5.16. The summed E-state index contributed by atoms with van der Waals surface area (Å²) in [4.78, 5) is 29.5. The molecule has 0 aliphatic carbocycles. The maximum absolute atomic E-state index is 14.5. The molecular weight excluding hydrogens is 431 g/mol. The van der Waals surface area contributed by atoms with E-state index in [2.05, 4.69) is 43.6 Å². The van der Waals surface area contributed by atoms with Crippen molar-refractivity contribution in [3.8, 4) is 11.3 Å². The molecule has 3 aromatic rings. The third-order valence-electron chi connectivity index (χ3n) is 4.93. The molecule has 1 aliphatic rings. The first kappa shape index (κ1) is 21.8. The van der Waals surface area contributed by atoms with Gasteiger partial charge in [0.05, 0.1) is 11.4 Å². The molecule has 0 spiro atoms. The summed E-state index contributed by atoms with van der Waals surface area (Å²) in [5.41, 5.74) is 1.87. The molecule has 1 amide bonds. The van der Waals surface area contributed by atoms with Crippen LogP contribution in [0.2, 0.25) is 5.02 Å². The van der Waals surface area contributed by atoms with E-state index in [0.29, 0.717) is 40.1 Å². The molecule has 1 unspecified atom stereocenters. The Hall–Kier alpha value is -3.39. The molecule has 164 valence electrons. The predicted molar refractivity (Wildman–Crippen MR) is 123 cm³/mol. The molecule has 2 N–H and O–H groups in total. The highest BCUT2D eigenvalue weighted by Gasteiger charge is 2.15. The van der Waals surface area contributed by atoms with E-state index in [1.54, 1.807) is 26.0 Å². The zero-order chi connectivity index (χ0) is 22.8. The third kappa shape index (κ3) is 4.75. The Labute approximate surface area is 189 Å². The maximum atomic E-state index is 14.5. The van der Waals surface area contributed by atoms with Crippen LogP contribution in [0.5, 0.6) is 0 Å². The predicted octanol–water partition coefficient (Wildman–Crippen LogP) is 3.72. The molecule has 0 saturated heterocycles. The molecule has 7 nitrogen and oxygen atoms in total. The lowest BCUT2D eigenvalue weighted by molar-refractivity contribution is -0.118. The van der Waals surface area contributed by atoms with Crippen LogP contribution in [0, 0.1) is 17.7 Å². The van der Waals surface area contributed by atoms with Crippen LogP contribution in [0.15, 0.2) is 41.7 Å². The van der Waals surface area contributed by atoms with Gasteiger partial charge in [-0.3, -0.25) is 9.79 Å². The minimum atomic E-state index is -0.429. The van der Waals surface area contributed by atoms with Crippen molar-refractivity contribution in [2.75, 3.05) is 17.2 Å². The van der Waals surface area contributed by atoms with Gasteiger partial charge in [-0.15, -0.1) is 0 Å². The van der Waals surface area contributed by atoms with E-state index in [1.165, 1.54) is 24.5 Å². The molecule has 3 heterocycles. The second-order valence-electron chi connectivity index (χ2n) is 7.96. The average molecular weight is 453 g/mol. The molecular formula is C23H22ClFN6O. The number of halogens is 2. The van der Waals surface area contributed by atoms with Gasteiger partial charge in [0.1, 0.15) is 23.8 Å². The summed E-state index contributed by atoms with van der Waals surface area (Å²) in [5, 5.41) is 7.22. The van der Waals surface area contributed by atoms with Crippen LogP contribution in [0.25, 0.3) is 17.3 Å². The van der Waals surface area contributed by atoms with E-state index in [1.807, 2.05) is 0 Å². The van der Waals surface area contributed by atoms with E-state index < -0.39 is 5.82 Å². The summed E-state index contributed by atoms with van der Waals surface area (Å²) in [6.45, 7) is 6.26. The second kappa shape index (κ2) is 9.00. The fourth-order valence-electron chi connectivity index (χ4n) is 3.23. The van der Waals surface area contributed by atoms with Crippen molar-refractivity contribution in [2.24, 2.45) is 16.8 Å². The number of carbonyl (C=O) groups is 1. The van der Waals surface area contributed by atoms with Gasteiger partial charge >= 0.3 is 0 Å². The maximum Gasteiger partial charge on any atom is 0.228 e. The highest BCUT2D eigenvalue weighted by atomic mass is 35.5.